The molecule has 3 heterocycles. The summed E-state index contributed by atoms with van der Waals surface area (Å²) in [5.74, 6) is 1.30. The molecule has 3 aromatic heterocycles. The molecule has 0 unspecified atom stereocenters. The number of ether oxygens (including phenoxy) is 2. The molecule has 0 amide bonds. The van der Waals surface area contributed by atoms with Crippen LogP contribution in [0.2, 0.25) is 0 Å². The van der Waals surface area contributed by atoms with Gasteiger partial charge >= 0.3 is 12.0 Å². The van der Waals surface area contributed by atoms with Gasteiger partial charge in [0.25, 0.3) is 5.78 Å². The van der Waals surface area contributed by atoms with E-state index in [2.05, 4.69) is 24.8 Å². The Kier molecular flexibility index (Phi) is 4.13. The highest BCUT2D eigenvalue weighted by molar-refractivity contribution is 5.72. The van der Waals surface area contributed by atoms with Crippen LogP contribution in [0.5, 0.6) is 11.8 Å². The summed E-state index contributed by atoms with van der Waals surface area (Å²) in [6.45, 7) is 0. The molecule has 0 aliphatic heterocycles. The topological polar surface area (TPSA) is 131 Å². The van der Waals surface area contributed by atoms with Crippen LogP contribution < -0.4 is 10.5 Å². The van der Waals surface area contributed by atoms with Crippen molar-refractivity contribution in [1.82, 2.24) is 24.6 Å². The Morgan fingerprint density at radius 1 is 1.19 bits per heavy atom. The number of hydrogen-bond donors (Lipinski definition) is 1. The number of methoxy groups -OCH3 is 1. The van der Waals surface area contributed by atoms with Crippen LogP contribution in [0, 0.1) is 0 Å². The van der Waals surface area contributed by atoms with Gasteiger partial charge in [-0.2, -0.15) is 19.5 Å². The van der Waals surface area contributed by atoms with Gasteiger partial charge in [-0.3, -0.25) is 4.79 Å². The number of nitrogen functional groups attached to an aromatic ring is 1. The summed E-state index contributed by atoms with van der Waals surface area (Å²) in [5, 5.41) is 4.21. The van der Waals surface area contributed by atoms with Gasteiger partial charge in [-0.05, 0) is 29.8 Å². The Morgan fingerprint density at radius 3 is 2.70 bits per heavy atom. The third-order valence-electron chi connectivity index (χ3n) is 3.66. The maximum Gasteiger partial charge on any atom is 0.328 e. The molecule has 10 heteroatoms. The number of carbonyl (C=O) groups excluding carboxylic acids is 1. The van der Waals surface area contributed by atoms with Crippen LogP contribution >= 0.6 is 0 Å². The molecule has 1 aromatic carbocycles. The maximum atomic E-state index is 11.3. The highest BCUT2D eigenvalue weighted by atomic mass is 16.5. The van der Waals surface area contributed by atoms with Crippen molar-refractivity contribution in [3.8, 4) is 23.3 Å². The molecule has 0 bridgehead atoms. The number of fused-ring (bicyclic) bond motifs is 1. The first-order chi connectivity index (χ1) is 13.1. The molecule has 0 spiro atoms. The number of nitrogens with two attached hydrogens (primary N) is 1. The Bertz CT molecular complexity index is 1090. The van der Waals surface area contributed by atoms with Crippen LogP contribution in [-0.2, 0) is 16.0 Å². The van der Waals surface area contributed by atoms with Crippen molar-refractivity contribution < 1.29 is 18.7 Å². The zero-order valence-corrected chi connectivity index (χ0v) is 14.2. The van der Waals surface area contributed by atoms with Gasteiger partial charge in [-0.1, -0.05) is 12.1 Å². The molecule has 4 aromatic rings. The summed E-state index contributed by atoms with van der Waals surface area (Å²) < 4.78 is 16.8. The number of aromatic nitrogens is 5. The lowest BCUT2D eigenvalue weighted by atomic mass is 10.1. The summed E-state index contributed by atoms with van der Waals surface area (Å²) in [4.78, 5) is 23.8. The zero-order chi connectivity index (χ0) is 18.8. The first-order valence-electron chi connectivity index (χ1n) is 7.90. The van der Waals surface area contributed by atoms with E-state index in [1.54, 1.807) is 36.4 Å². The molecular weight excluding hydrogens is 352 g/mol. The first-order valence-corrected chi connectivity index (χ1v) is 7.90. The molecule has 0 fully saturated rings. The quantitative estimate of drug-likeness (QED) is 0.526. The Balaban J connectivity index is 1.58. The summed E-state index contributed by atoms with van der Waals surface area (Å²) in [6, 6.07) is 10.4. The van der Waals surface area contributed by atoms with Crippen molar-refractivity contribution in [3.63, 3.8) is 0 Å². The molecule has 0 radical (unpaired) electrons. The van der Waals surface area contributed by atoms with Crippen molar-refractivity contribution in [3.05, 3.63) is 48.2 Å². The summed E-state index contributed by atoms with van der Waals surface area (Å²) in [7, 11) is 1.35. The van der Waals surface area contributed by atoms with E-state index < -0.39 is 0 Å². The first kappa shape index (κ1) is 16.5. The Morgan fingerprint density at radius 2 is 2.00 bits per heavy atom. The number of benzene rings is 1. The number of carbonyl (C=O) groups is 1. The van der Waals surface area contributed by atoms with E-state index in [1.807, 2.05) is 0 Å². The van der Waals surface area contributed by atoms with E-state index in [9.17, 15) is 4.79 Å². The van der Waals surface area contributed by atoms with Crippen molar-refractivity contribution in [2.24, 2.45) is 0 Å². The highest BCUT2D eigenvalue weighted by Crippen LogP contribution is 2.22. The van der Waals surface area contributed by atoms with Crippen molar-refractivity contribution in [2.75, 3.05) is 12.8 Å². The molecule has 10 nitrogen and oxygen atoms in total. The van der Waals surface area contributed by atoms with Crippen molar-refractivity contribution in [1.29, 1.82) is 0 Å². The van der Waals surface area contributed by atoms with Crippen LogP contribution in [0.25, 0.3) is 17.4 Å². The second kappa shape index (κ2) is 6.75. The molecule has 136 valence electrons. The van der Waals surface area contributed by atoms with E-state index in [-0.39, 0.29) is 30.1 Å². The van der Waals surface area contributed by atoms with E-state index in [0.717, 1.165) is 5.56 Å². The molecule has 0 aliphatic rings. The van der Waals surface area contributed by atoms with Gasteiger partial charge < -0.3 is 19.6 Å². The predicted molar refractivity (Wildman–Crippen MR) is 92.9 cm³/mol. The minimum atomic E-state index is -0.315. The standard InChI is InChI=1S/C17H14N6O4/c1-25-13(24)9-10-4-6-11(7-5-10)27-17-20-15(18)23-16(21-17)19-14(22-23)12-3-2-8-26-12/h2-8H,9H2,1H3,(H2,18,19,20,21,22). The number of nitrogens with zero attached hydrogens (tertiary/aromatic N) is 5. The normalized spacial score (nSPS) is 10.9. The Hall–Kier alpha value is -3.95. The smallest absolute Gasteiger partial charge is 0.328 e. The van der Waals surface area contributed by atoms with Gasteiger partial charge in [0.1, 0.15) is 5.75 Å². The minimum Gasteiger partial charge on any atom is -0.469 e. The number of furan rings is 1. The average molecular weight is 366 g/mol. The molecule has 0 saturated heterocycles. The summed E-state index contributed by atoms with van der Waals surface area (Å²) in [5.41, 5.74) is 6.72. The molecule has 2 N–H and O–H groups in total. The largest absolute Gasteiger partial charge is 0.469 e. The second-order valence-corrected chi connectivity index (χ2v) is 5.49. The number of rotatable bonds is 5. The number of anilines is 1. The minimum absolute atomic E-state index is 0.0270. The lowest BCUT2D eigenvalue weighted by molar-refractivity contribution is -0.139. The van der Waals surface area contributed by atoms with Crippen LogP contribution in [-0.4, -0.2) is 37.6 Å². The lowest BCUT2D eigenvalue weighted by Gasteiger charge is -2.06. The fourth-order valence-corrected chi connectivity index (χ4v) is 2.36. The molecule has 0 atom stereocenters. The highest BCUT2D eigenvalue weighted by Gasteiger charge is 2.14. The average Bonchev–Trinajstić information content (AvgIpc) is 3.32. The summed E-state index contributed by atoms with van der Waals surface area (Å²) >= 11 is 0. The fraction of sp³-hybridized carbons (Fsp3) is 0.118. The van der Waals surface area contributed by atoms with E-state index in [0.29, 0.717) is 17.3 Å². The molecular formula is C17H14N6O4. The van der Waals surface area contributed by atoms with Gasteiger partial charge in [0.2, 0.25) is 11.8 Å². The monoisotopic (exact) mass is 366 g/mol. The third kappa shape index (κ3) is 3.40. The van der Waals surface area contributed by atoms with Gasteiger partial charge in [0.15, 0.2) is 5.76 Å². The second-order valence-electron chi connectivity index (χ2n) is 5.49. The van der Waals surface area contributed by atoms with Gasteiger partial charge in [-0.15, -0.1) is 5.10 Å². The van der Waals surface area contributed by atoms with Gasteiger partial charge in [0.05, 0.1) is 19.8 Å². The number of esters is 1. The molecule has 0 saturated carbocycles. The third-order valence-corrected chi connectivity index (χ3v) is 3.66. The fourth-order valence-electron chi connectivity index (χ4n) is 2.36. The van der Waals surface area contributed by atoms with Crippen molar-refractivity contribution in [2.45, 2.75) is 6.42 Å². The van der Waals surface area contributed by atoms with Crippen LogP contribution in [0.1, 0.15) is 5.56 Å². The van der Waals surface area contributed by atoms with Crippen LogP contribution in [0.15, 0.2) is 47.1 Å². The number of hydrogen-bond acceptors (Lipinski definition) is 9. The molecule has 27 heavy (non-hydrogen) atoms. The van der Waals surface area contributed by atoms with Crippen LogP contribution in [0.3, 0.4) is 0 Å². The zero-order valence-electron chi connectivity index (χ0n) is 14.2. The SMILES string of the molecule is COC(=O)Cc1ccc(Oc2nc(N)n3nc(-c4ccco4)nc3n2)cc1. The predicted octanol–water partition coefficient (Wildman–Crippen LogP) is 1.87. The van der Waals surface area contributed by atoms with E-state index in [4.69, 9.17) is 14.9 Å². The van der Waals surface area contributed by atoms with E-state index in [1.165, 1.54) is 17.9 Å². The lowest BCUT2D eigenvalue weighted by Crippen LogP contribution is -2.06. The molecule has 4 rings (SSSR count). The van der Waals surface area contributed by atoms with Gasteiger partial charge in [0, 0.05) is 0 Å². The Labute approximate surface area is 152 Å². The summed E-state index contributed by atoms with van der Waals surface area (Å²) in [6.07, 6.45) is 1.70. The van der Waals surface area contributed by atoms with E-state index >= 15 is 0 Å². The maximum absolute atomic E-state index is 11.3. The van der Waals surface area contributed by atoms with Crippen molar-refractivity contribution >= 4 is 17.7 Å². The van der Waals surface area contributed by atoms with Gasteiger partial charge in [-0.25, -0.2) is 0 Å². The van der Waals surface area contributed by atoms with Crippen LogP contribution in [0.4, 0.5) is 5.95 Å². The molecule has 0 aliphatic carbocycles.